The summed E-state index contributed by atoms with van der Waals surface area (Å²) < 4.78 is 77.6. The molecule has 0 bridgehead atoms. The maximum atomic E-state index is 14.5. The highest BCUT2D eigenvalue weighted by Crippen LogP contribution is 2.37. The van der Waals surface area contributed by atoms with E-state index < -0.39 is 48.1 Å². The lowest BCUT2D eigenvalue weighted by Crippen LogP contribution is -2.55. The van der Waals surface area contributed by atoms with Crippen molar-refractivity contribution in [3.05, 3.63) is 82.7 Å². The first-order valence-corrected chi connectivity index (χ1v) is 13.2. The molecule has 2 atom stereocenters. The molecule has 3 heterocycles. The number of aliphatic hydroxyl groups is 1. The van der Waals surface area contributed by atoms with Crippen molar-refractivity contribution in [2.75, 3.05) is 33.4 Å². The predicted octanol–water partition coefficient (Wildman–Crippen LogP) is 4.89. The Morgan fingerprint density at radius 1 is 1.12 bits per heavy atom. The molecule has 0 radical (unpaired) electrons. The molecule has 1 aliphatic heterocycles. The topological polar surface area (TPSA) is 83.2 Å². The molecule has 42 heavy (non-hydrogen) atoms. The van der Waals surface area contributed by atoms with Crippen LogP contribution in [0.1, 0.15) is 40.1 Å². The van der Waals surface area contributed by atoms with Crippen LogP contribution in [-0.2, 0) is 6.18 Å². The molecule has 1 fully saturated rings. The van der Waals surface area contributed by atoms with Gasteiger partial charge in [-0.1, -0.05) is 6.07 Å². The Bertz CT molecular complexity index is 1600. The van der Waals surface area contributed by atoms with Crippen LogP contribution in [0.4, 0.5) is 22.0 Å². The standard InChI is InChI=1S/C29H28F5N5O3/c1-16-14-37(23(15-40)24-21(30)5-4-6-22(24)31)11-12-38(16)28(41)20-13-35-39-26(29(32,33)34)17(2)25(36-27(20)39)18-7-9-19(42-3)10-8-18/h4-10,13,16,23,40H,11-12,14-15H2,1-3H3/t16-,23-/m1/s1. The zero-order chi connectivity index (χ0) is 30.3. The molecule has 8 nitrogen and oxygen atoms in total. The number of alkyl halides is 3. The van der Waals surface area contributed by atoms with Crippen molar-refractivity contribution < 1.29 is 36.6 Å². The van der Waals surface area contributed by atoms with Crippen LogP contribution in [0.2, 0.25) is 0 Å². The summed E-state index contributed by atoms with van der Waals surface area (Å²) in [6.45, 7) is 2.86. The molecule has 0 spiro atoms. The molecule has 13 heteroatoms. The highest BCUT2D eigenvalue weighted by Gasteiger charge is 2.40. The van der Waals surface area contributed by atoms with Crippen molar-refractivity contribution in [2.45, 2.75) is 32.1 Å². The molecular weight excluding hydrogens is 561 g/mol. The Balaban J connectivity index is 1.49. The molecule has 1 N–H and O–H groups in total. The first kappa shape index (κ1) is 29.4. The van der Waals surface area contributed by atoms with Crippen LogP contribution in [0.25, 0.3) is 16.9 Å². The zero-order valence-electron chi connectivity index (χ0n) is 23.0. The third-order valence-corrected chi connectivity index (χ3v) is 7.61. The summed E-state index contributed by atoms with van der Waals surface area (Å²) in [5.41, 5.74) is -1.39. The molecule has 4 aromatic rings. The average molecular weight is 590 g/mol. The lowest BCUT2D eigenvalue weighted by molar-refractivity contribution is -0.143. The van der Waals surface area contributed by atoms with Crippen LogP contribution >= 0.6 is 0 Å². The first-order valence-electron chi connectivity index (χ1n) is 13.2. The first-order chi connectivity index (χ1) is 20.0. The van der Waals surface area contributed by atoms with E-state index in [1.807, 2.05) is 0 Å². The minimum absolute atomic E-state index is 0.0441. The molecule has 2 aromatic heterocycles. The molecular formula is C29H28F5N5O3. The van der Waals surface area contributed by atoms with Gasteiger partial charge in [0.25, 0.3) is 5.91 Å². The van der Waals surface area contributed by atoms with E-state index in [0.29, 0.717) is 15.8 Å². The summed E-state index contributed by atoms with van der Waals surface area (Å²) in [7, 11) is 1.47. The molecule has 0 aliphatic carbocycles. The maximum Gasteiger partial charge on any atom is 0.433 e. The lowest BCUT2D eigenvalue weighted by Gasteiger charge is -2.43. The molecule has 1 saturated heterocycles. The number of halogens is 5. The second-order valence-corrected chi connectivity index (χ2v) is 10.1. The van der Waals surface area contributed by atoms with E-state index in [0.717, 1.165) is 18.3 Å². The van der Waals surface area contributed by atoms with Crippen molar-refractivity contribution in [2.24, 2.45) is 0 Å². The monoisotopic (exact) mass is 589 g/mol. The summed E-state index contributed by atoms with van der Waals surface area (Å²) in [5, 5.41) is 13.9. The zero-order valence-corrected chi connectivity index (χ0v) is 23.0. The number of hydrogen-bond donors (Lipinski definition) is 1. The summed E-state index contributed by atoms with van der Waals surface area (Å²) >= 11 is 0. The normalized spacial score (nSPS) is 17.1. The van der Waals surface area contributed by atoms with Gasteiger partial charge in [-0.3, -0.25) is 9.69 Å². The van der Waals surface area contributed by atoms with Crippen LogP contribution in [0.5, 0.6) is 5.75 Å². The highest BCUT2D eigenvalue weighted by atomic mass is 19.4. The van der Waals surface area contributed by atoms with Gasteiger partial charge >= 0.3 is 6.18 Å². The Labute approximate surface area is 237 Å². The Morgan fingerprint density at radius 3 is 2.36 bits per heavy atom. The molecule has 222 valence electrons. The van der Waals surface area contributed by atoms with Gasteiger partial charge in [-0.2, -0.15) is 18.3 Å². The van der Waals surface area contributed by atoms with Gasteiger partial charge < -0.3 is 14.7 Å². The number of aromatic nitrogens is 3. The Hall–Kier alpha value is -4.10. The summed E-state index contributed by atoms with van der Waals surface area (Å²) in [5.74, 6) is -1.65. The minimum atomic E-state index is -4.79. The van der Waals surface area contributed by atoms with Gasteiger partial charge in [-0.05, 0) is 50.2 Å². The Kier molecular flexibility index (Phi) is 7.90. The largest absolute Gasteiger partial charge is 0.497 e. The van der Waals surface area contributed by atoms with E-state index in [9.17, 15) is 31.9 Å². The fraction of sp³-hybridized carbons (Fsp3) is 0.345. The lowest BCUT2D eigenvalue weighted by atomic mass is 10.0. The van der Waals surface area contributed by atoms with E-state index in [4.69, 9.17) is 4.74 Å². The summed E-state index contributed by atoms with van der Waals surface area (Å²) in [6.07, 6.45) is -3.72. The van der Waals surface area contributed by atoms with Gasteiger partial charge in [-0.25, -0.2) is 18.3 Å². The summed E-state index contributed by atoms with van der Waals surface area (Å²) in [6, 6.07) is 8.33. The van der Waals surface area contributed by atoms with Crippen LogP contribution in [-0.4, -0.2) is 74.8 Å². The SMILES string of the molecule is COc1ccc(-c2nc3c(C(=O)N4CCN([C@H](CO)c5c(F)cccc5F)C[C@H]4C)cnn3c(C(F)(F)F)c2C)cc1. The molecule has 1 amide bonds. The third-order valence-electron chi connectivity index (χ3n) is 7.61. The number of carbonyl (C=O) groups is 1. The number of hydrogen-bond acceptors (Lipinski definition) is 6. The minimum Gasteiger partial charge on any atom is -0.497 e. The number of carbonyl (C=O) groups excluding carboxylic acids is 1. The summed E-state index contributed by atoms with van der Waals surface area (Å²) in [4.78, 5) is 21.3. The number of fused-ring (bicyclic) bond motifs is 1. The van der Waals surface area contributed by atoms with Crippen molar-refractivity contribution in [3.8, 4) is 17.0 Å². The second-order valence-electron chi connectivity index (χ2n) is 10.1. The van der Waals surface area contributed by atoms with Crippen LogP contribution in [0, 0.1) is 18.6 Å². The van der Waals surface area contributed by atoms with E-state index >= 15 is 0 Å². The molecule has 5 rings (SSSR count). The van der Waals surface area contributed by atoms with Crippen LogP contribution in [0.3, 0.4) is 0 Å². The second kappa shape index (κ2) is 11.3. The number of aliphatic hydroxyl groups excluding tert-OH is 1. The van der Waals surface area contributed by atoms with Gasteiger partial charge in [0.2, 0.25) is 0 Å². The number of methoxy groups -OCH3 is 1. The average Bonchev–Trinajstić information content (AvgIpc) is 3.36. The van der Waals surface area contributed by atoms with E-state index in [-0.39, 0.29) is 47.7 Å². The quantitative estimate of drug-likeness (QED) is 0.323. The number of piperazine rings is 1. The number of nitrogens with zero attached hydrogens (tertiary/aromatic N) is 5. The fourth-order valence-corrected chi connectivity index (χ4v) is 5.53. The van der Waals surface area contributed by atoms with Gasteiger partial charge in [0.1, 0.15) is 22.9 Å². The van der Waals surface area contributed by atoms with Crippen molar-refractivity contribution in [1.82, 2.24) is 24.4 Å². The molecule has 1 aliphatic rings. The Morgan fingerprint density at radius 2 is 1.79 bits per heavy atom. The number of amides is 1. The molecule has 0 unspecified atom stereocenters. The van der Waals surface area contributed by atoms with Crippen molar-refractivity contribution in [1.29, 1.82) is 0 Å². The van der Waals surface area contributed by atoms with E-state index in [2.05, 4.69) is 10.1 Å². The molecule has 0 saturated carbocycles. The van der Waals surface area contributed by atoms with Gasteiger partial charge in [-0.15, -0.1) is 0 Å². The fourth-order valence-electron chi connectivity index (χ4n) is 5.53. The highest BCUT2D eigenvalue weighted by molar-refractivity contribution is 6.00. The van der Waals surface area contributed by atoms with Crippen molar-refractivity contribution >= 4 is 11.6 Å². The van der Waals surface area contributed by atoms with Crippen molar-refractivity contribution in [3.63, 3.8) is 0 Å². The van der Waals surface area contributed by atoms with Crippen LogP contribution in [0.15, 0.2) is 48.7 Å². The number of ether oxygens (including phenoxy) is 1. The third kappa shape index (κ3) is 5.18. The van der Waals surface area contributed by atoms with Gasteiger partial charge in [0, 0.05) is 42.4 Å². The van der Waals surface area contributed by atoms with Gasteiger partial charge in [0.05, 0.1) is 31.6 Å². The van der Waals surface area contributed by atoms with Crippen LogP contribution < -0.4 is 4.74 Å². The molecule has 2 aromatic carbocycles. The van der Waals surface area contributed by atoms with Gasteiger partial charge in [0.15, 0.2) is 11.3 Å². The smallest absolute Gasteiger partial charge is 0.433 e. The van der Waals surface area contributed by atoms with E-state index in [1.54, 1.807) is 36.1 Å². The maximum absolute atomic E-state index is 14.5. The van der Waals surface area contributed by atoms with E-state index in [1.165, 1.54) is 25.0 Å². The number of rotatable bonds is 6. The number of benzene rings is 2. The predicted molar refractivity (Wildman–Crippen MR) is 143 cm³/mol.